The van der Waals surface area contributed by atoms with E-state index in [4.69, 9.17) is 13.3 Å². The molecular formula is C13H28O3Si. The van der Waals surface area contributed by atoms with Crippen molar-refractivity contribution in [2.75, 3.05) is 21.3 Å². The van der Waals surface area contributed by atoms with E-state index >= 15 is 0 Å². The Morgan fingerprint density at radius 3 is 1.88 bits per heavy atom. The number of hydrogen-bond acceptors (Lipinski definition) is 3. The smallest absolute Gasteiger partial charge is 0.374 e. The molecule has 0 aromatic heterocycles. The highest BCUT2D eigenvalue weighted by molar-refractivity contribution is 6.66. The van der Waals surface area contributed by atoms with Gasteiger partial charge in [-0.25, -0.2) is 0 Å². The van der Waals surface area contributed by atoms with Crippen LogP contribution in [0.4, 0.5) is 0 Å². The van der Waals surface area contributed by atoms with Gasteiger partial charge in [-0.1, -0.05) is 45.1 Å². The molecule has 0 radical (unpaired) electrons. The zero-order chi connectivity index (χ0) is 13.0. The van der Waals surface area contributed by atoms with Gasteiger partial charge in [-0.05, 0) is 18.5 Å². The minimum absolute atomic E-state index is 1.08. The summed E-state index contributed by atoms with van der Waals surface area (Å²) in [6.45, 7) is 2.24. The largest absolute Gasteiger partial charge is 0.528 e. The molecule has 0 unspecified atom stereocenters. The van der Waals surface area contributed by atoms with E-state index in [0.29, 0.717) is 0 Å². The molecule has 0 bridgehead atoms. The van der Waals surface area contributed by atoms with E-state index in [1.165, 1.54) is 38.5 Å². The average molecular weight is 260 g/mol. The number of allylic oxidation sites excluding steroid dienone is 1. The summed E-state index contributed by atoms with van der Waals surface area (Å²) in [7, 11) is 2.42. The summed E-state index contributed by atoms with van der Waals surface area (Å²) >= 11 is 0. The van der Waals surface area contributed by atoms with Crippen LogP contribution >= 0.6 is 0 Å². The summed E-state index contributed by atoms with van der Waals surface area (Å²) in [5.41, 5.74) is 1.97. The second kappa shape index (κ2) is 11.0. The average Bonchev–Trinajstić information content (AvgIpc) is 2.38. The molecule has 0 aromatic carbocycles. The number of unbranched alkanes of at least 4 members (excludes halogenated alkanes) is 6. The van der Waals surface area contributed by atoms with Crippen LogP contribution in [0, 0.1) is 0 Å². The van der Waals surface area contributed by atoms with E-state index in [2.05, 4.69) is 13.0 Å². The molecule has 0 heterocycles. The molecule has 0 amide bonds. The first kappa shape index (κ1) is 16.8. The molecule has 0 aliphatic rings. The van der Waals surface area contributed by atoms with Gasteiger partial charge in [-0.2, -0.15) is 0 Å². The zero-order valence-electron chi connectivity index (χ0n) is 11.8. The summed E-state index contributed by atoms with van der Waals surface area (Å²) < 4.78 is 15.9. The van der Waals surface area contributed by atoms with Crippen molar-refractivity contribution in [1.29, 1.82) is 0 Å². The molecule has 3 nitrogen and oxygen atoms in total. The fourth-order valence-corrected chi connectivity index (χ4v) is 3.09. The van der Waals surface area contributed by atoms with E-state index in [9.17, 15) is 0 Å². The molecule has 102 valence electrons. The summed E-state index contributed by atoms with van der Waals surface area (Å²) in [4.78, 5) is 0. The van der Waals surface area contributed by atoms with Gasteiger partial charge in [0, 0.05) is 21.3 Å². The lowest BCUT2D eigenvalue weighted by Gasteiger charge is -2.20. The molecule has 0 aliphatic carbocycles. The number of rotatable bonds is 11. The van der Waals surface area contributed by atoms with E-state index in [1.54, 1.807) is 21.3 Å². The Bertz CT molecular complexity index is 183. The maximum Gasteiger partial charge on any atom is 0.528 e. The van der Waals surface area contributed by atoms with Gasteiger partial charge in [-0.3, -0.25) is 0 Å². The Morgan fingerprint density at radius 1 is 0.824 bits per heavy atom. The molecular weight excluding hydrogens is 232 g/mol. The second-order valence-corrected chi connectivity index (χ2v) is 6.94. The predicted octanol–water partition coefficient (Wildman–Crippen LogP) is 3.71. The van der Waals surface area contributed by atoms with E-state index in [-0.39, 0.29) is 0 Å². The molecule has 0 N–H and O–H groups in total. The maximum atomic E-state index is 5.30. The van der Waals surface area contributed by atoms with Crippen molar-refractivity contribution in [2.45, 2.75) is 51.9 Å². The normalized spacial score (nSPS) is 12.5. The lowest BCUT2D eigenvalue weighted by Crippen LogP contribution is -2.40. The highest BCUT2D eigenvalue weighted by Gasteiger charge is 2.33. The Balaban J connectivity index is 3.64. The minimum atomic E-state index is -2.48. The van der Waals surface area contributed by atoms with Crippen LogP contribution in [-0.2, 0) is 13.3 Å². The van der Waals surface area contributed by atoms with Crippen LogP contribution in [0.2, 0.25) is 0 Å². The lowest BCUT2D eigenvalue weighted by atomic mass is 10.1. The van der Waals surface area contributed by atoms with Gasteiger partial charge in [0.15, 0.2) is 0 Å². The molecule has 0 atom stereocenters. The van der Waals surface area contributed by atoms with Gasteiger partial charge in [0.1, 0.15) is 0 Å². The molecule has 0 spiro atoms. The van der Waals surface area contributed by atoms with E-state index < -0.39 is 8.80 Å². The van der Waals surface area contributed by atoms with E-state index in [1.807, 2.05) is 5.70 Å². The predicted molar refractivity (Wildman–Crippen MR) is 73.9 cm³/mol. The van der Waals surface area contributed by atoms with E-state index in [0.717, 1.165) is 6.42 Å². The summed E-state index contributed by atoms with van der Waals surface area (Å²) in [6, 6.07) is 0. The van der Waals surface area contributed by atoms with Crippen molar-refractivity contribution < 1.29 is 13.3 Å². The Morgan fingerprint density at radius 2 is 1.35 bits per heavy atom. The van der Waals surface area contributed by atoms with Crippen molar-refractivity contribution in [3.63, 3.8) is 0 Å². The third kappa shape index (κ3) is 7.71. The number of hydrogen-bond donors (Lipinski definition) is 0. The first-order chi connectivity index (χ1) is 8.24. The summed E-state index contributed by atoms with van der Waals surface area (Å²) in [6.07, 6.45) is 11.1. The monoisotopic (exact) mass is 260 g/mol. The van der Waals surface area contributed by atoms with Crippen molar-refractivity contribution in [3.05, 3.63) is 11.8 Å². The van der Waals surface area contributed by atoms with Crippen LogP contribution in [0.25, 0.3) is 0 Å². The fourth-order valence-electron chi connectivity index (χ4n) is 1.72. The molecule has 0 fully saturated rings. The fraction of sp³-hybridized carbons (Fsp3) is 0.846. The van der Waals surface area contributed by atoms with Crippen LogP contribution in [-0.4, -0.2) is 30.1 Å². The van der Waals surface area contributed by atoms with Gasteiger partial charge in [0.05, 0.1) is 0 Å². The summed E-state index contributed by atoms with van der Waals surface area (Å²) in [5.74, 6) is 0. The van der Waals surface area contributed by atoms with Crippen LogP contribution in [0.15, 0.2) is 11.8 Å². The quantitative estimate of drug-likeness (QED) is 0.419. The molecule has 0 aromatic rings. The zero-order valence-corrected chi connectivity index (χ0v) is 12.8. The lowest BCUT2D eigenvalue weighted by molar-refractivity contribution is 0.138. The van der Waals surface area contributed by atoms with Gasteiger partial charge in [0.2, 0.25) is 0 Å². The maximum absolute atomic E-state index is 5.30. The first-order valence-electron chi connectivity index (χ1n) is 6.57. The standard InChI is InChI=1S/C13H28O3Si/c1-5-6-7-8-9-10-11-12-13-17(14-2,15-3)16-4/h12-13H,5-11H2,1-4H3. The third-order valence-corrected chi connectivity index (χ3v) is 5.25. The van der Waals surface area contributed by atoms with Gasteiger partial charge < -0.3 is 13.3 Å². The van der Waals surface area contributed by atoms with Gasteiger partial charge in [0.25, 0.3) is 0 Å². The van der Waals surface area contributed by atoms with Gasteiger partial charge in [-0.15, -0.1) is 0 Å². The molecule has 0 saturated carbocycles. The highest BCUT2D eigenvalue weighted by Crippen LogP contribution is 2.11. The molecule has 17 heavy (non-hydrogen) atoms. The minimum Gasteiger partial charge on any atom is -0.374 e. The van der Waals surface area contributed by atoms with Crippen LogP contribution < -0.4 is 0 Å². The Kier molecular flexibility index (Phi) is 10.9. The van der Waals surface area contributed by atoms with Crippen LogP contribution in [0.1, 0.15) is 51.9 Å². The highest BCUT2D eigenvalue weighted by atomic mass is 28.4. The molecule has 4 heteroatoms. The molecule has 0 saturated heterocycles. The summed E-state index contributed by atoms with van der Waals surface area (Å²) in [5, 5.41) is 0. The Labute approximate surface area is 108 Å². The van der Waals surface area contributed by atoms with Gasteiger partial charge >= 0.3 is 8.80 Å². The molecule has 0 rings (SSSR count). The third-order valence-electron chi connectivity index (χ3n) is 2.90. The van der Waals surface area contributed by atoms with Crippen molar-refractivity contribution in [3.8, 4) is 0 Å². The SMILES string of the molecule is CCCCCCCCC=C[Si](OC)(OC)OC. The molecule has 0 aliphatic heterocycles. The van der Waals surface area contributed by atoms with Crippen LogP contribution in [0.3, 0.4) is 0 Å². The van der Waals surface area contributed by atoms with Crippen molar-refractivity contribution in [1.82, 2.24) is 0 Å². The second-order valence-electron chi connectivity index (χ2n) is 4.17. The van der Waals surface area contributed by atoms with Crippen molar-refractivity contribution in [2.24, 2.45) is 0 Å². The van der Waals surface area contributed by atoms with Crippen LogP contribution in [0.5, 0.6) is 0 Å². The topological polar surface area (TPSA) is 27.7 Å². The Hall–Kier alpha value is -0.163. The van der Waals surface area contributed by atoms with Crippen molar-refractivity contribution >= 4 is 8.80 Å². The first-order valence-corrected chi connectivity index (χ1v) is 8.38.